The molecule has 0 radical (unpaired) electrons. The lowest BCUT2D eigenvalue weighted by atomic mass is 10.2. The second-order valence-corrected chi connectivity index (χ2v) is 7.95. The Morgan fingerprint density at radius 1 is 1.21 bits per heavy atom. The van der Waals surface area contributed by atoms with Crippen LogP contribution in [0.4, 0.5) is 0 Å². The highest BCUT2D eigenvalue weighted by atomic mass is 32.1. The number of carbonyl (C=O) groups excluding carboxylic acids is 1. The molecule has 2 aromatic carbocycles. The highest BCUT2D eigenvalue weighted by molar-refractivity contribution is 7.13. The Balaban J connectivity index is 1.33. The number of rotatable bonds is 6. The molecule has 0 aliphatic carbocycles. The Hall–Kier alpha value is -2.70. The normalized spacial score (nSPS) is 18.8. The van der Waals surface area contributed by atoms with Crippen LogP contribution >= 0.6 is 11.3 Å². The molecule has 1 aliphatic heterocycles. The largest absolute Gasteiger partial charge is 0.497 e. The number of hydrogen-bond acceptors (Lipinski definition) is 4. The summed E-state index contributed by atoms with van der Waals surface area (Å²) in [5.41, 5.74) is 2.82. The van der Waals surface area contributed by atoms with Gasteiger partial charge in [0.1, 0.15) is 23.0 Å². The second-order valence-electron chi connectivity index (χ2n) is 7.09. The van der Waals surface area contributed by atoms with E-state index in [2.05, 4.69) is 34.6 Å². The first-order valence-corrected chi connectivity index (χ1v) is 10.4. The standard InChI is InChI=1S/C22H23N3O2S/c1-27-19-9-7-17(8-10-19)22-24-20(15-28-22)21(26)23-18-11-12-25(14-18)13-16-5-3-2-4-6-16/h2-10,15,18H,11-14H2,1H3,(H,23,26)/p+1/t18-/m0/s1. The summed E-state index contributed by atoms with van der Waals surface area (Å²) in [7, 11) is 1.65. The van der Waals surface area contributed by atoms with Crippen molar-refractivity contribution in [3.63, 3.8) is 0 Å². The molecule has 4 rings (SSSR count). The van der Waals surface area contributed by atoms with Gasteiger partial charge in [-0.15, -0.1) is 11.3 Å². The van der Waals surface area contributed by atoms with Crippen molar-refractivity contribution in [2.24, 2.45) is 0 Å². The van der Waals surface area contributed by atoms with Crippen molar-refractivity contribution in [3.05, 3.63) is 71.2 Å². The molecule has 1 amide bonds. The van der Waals surface area contributed by atoms with E-state index < -0.39 is 0 Å². The molecule has 2 N–H and O–H groups in total. The molecule has 2 heterocycles. The molecule has 144 valence electrons. The van der Waals surface area contributed by atoms with Gasteiger partial charge in [-0.05, 0) is 24.3 Å². The van der Waals surface area contributed by atoms with Gasteiger partial charge in [0.25, 0.3) is 5.91 Å². The number of ether oxygens (including phenoxy) is 1. The number of methoxy groups -OCH3 is 1. The third-order valence-electron chi connectivity index (χ3n) is 5.09. The SMILES string of the molecule is COc1ccc(-c2nc(C(=O)N[C@H]3CC[NH+](Cc4ccccc4)C3)cs2)cc1. The second kappa shape index (κ2) is 8.54. The van der Waals surface area contributed by atoms with Gasteiger partial charge in [-0.3, -0.25) is 4.79 Å². The number of hydrogen-bond donors (Lipinski definition) is 2. The fraction of sp³-hybridized carbons (Fsp3) is 0.273. The van der Waals surface area contributed by atoms with Gasteiger partial charge in [-0.1, -0.05) is 30.3 Å². The molecule has 3 aromatic rings. The van der Waals surface area contributed by atoms with Gasteiger partial charge in [0, 0.05) is 22.9 Å². The number of amides is 1. The van der Waals surface area contributed by atoms with Crippen molar-refractivity contribution in [2.75, 3.05) is 20.2 Å². The van der Waals surface area contributed by atoms with E-state index in [1.807, 2.05) is 35.7 Å². The van der Waals surface area contributed by atoms with Crippen molar-refractivity contribution in [1.82, 2.24) is 10.3 Å². The smallest absolute Gasteiger partial charge is 0.271 e. The van der Waals surface area contributed by atoms with Gasteiger partial charge in [0.2, 0.25) is 0 Å². The molecule has 1 aromatic heterocycles. The van der Waals surface area contributed by atoms with Crippen molar-refractivity contribution in [3.8, 4) is 16.3 Å². The number of aromatic nitrogens is 1. The number of likely N-dealkylation sites (tertiary alicyclic amines) is 1. The summed E-state index contributed by atoms with van der Waals surface area (Å²) in [6.45, 7) is 3.04. The Bertz CT molecular complexity index is 924. The number of benzene rings is 2. The number of nitrogens with zero attached hydrogens (tertiary/aromatic N) is 1. The molecule has 6 heteroatoms. The molecule has 2 atom stereocenters. The zero-order valence-corrected chi connectivity index (χ0v) is 16.7. The van der Waals surface area contributed by atoms with Crippen LogP contribution in [0, 0.1) is 0 Å². The monoisotopic (exact) mass is 394 g/mol. The van der Waals surface area contributed by atoms with Gasteiger partial charge in [-0.2, -0.15) is 0 Å². The minimum atomic E-state index is -0.0815. The number of carbonyl (C=O) groups is 1. The van der Waals surface area contributed by atoms with Gasteiger partial charge in [0.05, 0.1) is 26.2 Å². The highest BCUT2D eigenvalue weighted by Gasteiger charge is 2.28. The summed E-state index contributed by atoms with van der Waals surface area (Å²) in [4.78, 5) is 18.6. The van der Waals surface area contributed by atoms with Crippen LogP contribution in [0.5, 0.6) is 5.75 Å². The van der Waals surface area contributed by atoms with E-state index in [1.165, 1.54) is 21.8 Å². The molecule has 1 unspecified atom stereocenters. The third-order valence-corrected chi connectivity index (χ3v) is 5.98. The van der Waals surface area contributed by atoms with Crippen molar-refractivity contribution >= 4 is 17.2 Å². The molecule has 1 aliphatic rings. The van der Waals surface area contributed by atoms with E-state index in [9.17, 15) is 4.79 Å². The zero-order chi connectivity index (χ0) is 19.3. The van der Waals surface area contributed by atoms with Crippen molar-refractivity contribution in [2.45, 2.75) is 19.0 Å². The fourth-order valence-corrected chi connectivity index (χ4v) is 4.41. The predicted molar refractivity (Wildman–Crippen MR) is 111 cm³/mol. The number of thiazole rings is 1. The highest BCUT2D eigenvalue weighted by Crippen LogP contribution is 2.25. The molecular formula is C22H24N3O2S+. The van der Waals surface area contributed by atoms with Crippen LogP contribution in [0.25, 0.3) is 10.6 Å². The minimum absolute atomic E-state index is 0.0815. The van der Waals surface area contributed by atoms with Crippen molar-refractivity contribution in [1.29, 1.82) is 0 Å². The Morgan fingerprint density at radius 3 is 2.75 bits per heavy atom. The zero-order valence-electron chi connectivity index (χ0n) is 15.9. The van der Waals surface area contributed by atoms with E-state index in [0.29, 0.717) is 5.69 Å². The van der Waals surface area contributed by atoms with Gasteiger partial charge in [-0.25, -0.2) is 4.98 Å². The van der Waals surface area contributed by atoms with E-state index >= 15 is 0 Å². The molecule has 0 saturated carbocycles. The van der Waals surface area contributed by atoms with Crippen LogP contribution in [0.1, 0.15) is 22.5 Å². The summed E-state index contributed by atoms with van der Waals surface area (Å²) in [5, 5.41) is 5.83. The maximum absolute atomic E-state index is 12.6. The lowest BCUT2D eigenvalue weighted by Crippen LogP contribution is -3.09. The molecule has 28 heavy (non-hydrogen) atoms. The van der Waals surface area contributed by atoms with Crippen LogP contribution in [0.2, 0.25) is 0 Å². The molecule has 0 spiro atoms. The average molecular weight is 395 g/mol. The Labute approximate surface area is 169 Å². The van der Waals surface area contributed by atoms with Crippen LogP contribution in [0.15, 0.2) is 60.0 Å². The summed E-state index contributed by atoms with van der Waals surface area (Å²) in [6.07, 6.45) is 1.00. The minimum Gasteiger partial charge on any atom is -0.497 e. The lowest BCUT2D eigenvalue weighted by Gasteiger charge is -2.14. The Kier molecular flexibility index (Phi) is 5.69. The predicted octanol–water partition coefficient (Wildman–Crippen LogP) is 2.41. The van der Waals surface area contributed by atoms with Gasteiger partial charge < -0.3 is 15.0 Å². The Morgan fingerprint density at radius 2 is 2.00 bits per heavy atom. The molecule has 1 saturated heterocycles. The van der Waals surface area contributed by atoms with Crippen LogP contribution in [0.3, 0.4) is 0 Å². The van der Waals surface area contributed by atoms with Crippen molar-refractivity contribution < 1.29 is 14.4 Å². The first-order chi connectivity index (χ1) is 13.7. The third kappa shape index (κ3) is 4.40. The van der Waals surface area contributed by atoms with Crippen LogP contribution < -0.4 is 15.0 Å². The first-order valence-electron chi connectivity index (χ1n) is 9.49. The summed E-state index contributed by atoms with van der Waals surface area (Å²) < 4.78 is 5.19. The first kappa shape index (κ1) is 18.7. The lowest BCUT2D eigenvalue weighted by molar-refractivity contribution is -0.901. The van der Waals surface area contributed by atoms with Crippen LogP contribution in [-0.2, 0) is 6.54 Å². The van der Waals surface area contributed by atoms with E-state index in [4.69, 9.17) is 4.74 Å². The topological polar surface area (TPSA) is 55.7 Å². The molecule has 0 bridgehead atoms. The van der Waals surface area contributed by atoms with E-state index in [0.717, 1.165) is 42.4 Å². The number of quaternary nitrogens is 1. The summed E-state index contributed by atoms with van der Waals surface area (Å²) >= 11 is 1.49. The summed E-state index contributed by atoms with van der Waals surface area (Å²) in [6, 6.07) is 18.4. The average Bonchev–Trinajstić information content (AvgIpc) is 3.39. The fourth-order valence-electron chi connectivity index (χ4n) is 3.60. The number of nitrogens with one attached hydrogen (secondary N) is 2. The van der Waals surface area contributed by atoms with E-state index in [-0.39, 0.29) is 11.9 Å². The van der Waals surface area contributed by atoms with Gasteiger partial charge in [0.15, 0.2) is 0 Å². The quantitative estimate of drug-likeness (QED) is 0.675. The maximum atomic E-state index is 12.6. The van der Waals surface area contributed by atoms with E-state index in [1.54, 1.807) is 7.11 Å². The molecular weight excluding hydrogens is 370 g/mol. The maximum Gasteiger partial charge on any atom is 0.271 e. The molecule has 1 fully saturated rings. The summed E-state index contributed by atoms with van der Waals surface area (Å²) in [5.74, 6) is 0.726. The van der Waals surface area contributed by atoms with Gasteiger partial charge >= 0.3 is 0 Å². The molecule has 5 nitrogen and oxygen atoms in total. The van der Waals surface area contributed by atoms with Crippen LogP contribution in [-0.4, -0.2) is 37.1 Å².